The van der Waals surface area contributed by atoms with Gasteiger partial charge >= 0.3 is 0 Å². The summed E-state index contributed by atoms with van der Waals surface area (Å²) in [5.74, 6) is -2.59. The molecule has 0 radical (unpaired) electrons. The minimum atomic E-state index is -1.09. The minimum absolute atomic E-state index is 0.331. The monoisotopic (exact) mass is 207 g/mol. The van der Waals surface area contributed by atoms with Crippen LogP contribution in [0.4, 0.5) is 0 Å². The van der Waals surface area contributed by atoms with E-state index in [2.05, 4.69) is 0 Å². The van der Waals surface area contributed by atoms with E-state index in [0.717, 1.165) is 5.56 Å². The summed E-state index contributed by atoms with van der Waals surface area (Å²) in [5, 5.41) is 0. The molecule has 0 unspecified atom stereocenters. The van der Waals surface area contributed by atoms with Gasteiger partial charge in [-0.1, -0.05) is 24.3 Å². The molecule has 1 rings (SSSR count). The molecule has 0 aliphatic rings. The van der Waals surface area contributed by atoms with Crippen LogP contribution < -0.4 is 17.2 Å². The molecule has 0 atom stereocenters. The summed E-state index contributed by atoms with van der Waals surface area (Å²) < 4.78 is 0. The number of amides is 2. The zero-order valence-corrected chi connectivity index (χ0v) is 8.14. The van der Waals surface area contributed by atoms with Crippen molar-refractivity contribution in [3.05, 3.63) is 35.4 Å². The normalized spacial score (nSPS) is 10.3. The highest BCUT2D eigenvalue weighted by Crippen LogP contribution is 2.16. The highest BCUT2D eigenvalue weighted by molar-refractivity contribution is 6.04. The lowest BCUT2D eigenvalue weighted by Gasteiger charge is -2.10. The predicted octanol–water partition coefficient (Wildman–Crippen LogP) is -0.800. The zero-order valence-electron chi connectivity index (χ0n) is 8.14. The third-order valence-corrected chi connectivity index (χ3v) is 2.09. The largest absolute Gasteiger partial charge is 0.369 e. The maximum Gasteiger partial charge on any atom is 0.234 e. The van der Waals surface area contributed by atoms with Gasteiger partial charge in [-0.3, -0.25) is 9.59 Å². The molecule has 0 bridgehead atoms. The van der Waals surface area contributed by atoms with Gasteiger partial charge in [0.1, 0.15) is 5.92 Å². The fourth-order valence-corrected chi connectivity index (χ4v) is 1.37. The lowest BCUT2D eigenvalue weighted by atomic mass is 9.96. The number of hydrogen-bond acceptors (Lipinski definition) is 3. The molecule has 80 valence electrons. The molecule has 0 spiro atoms. The van der Waals surface area contributed by atoms with Crippen LogP contribution in [-0.4, -0.2) is 11.8 Å². The molecule has 0 aliphatic heterocycles. The van der Waals surface area contributed by atoms with Crippen molar-refractivity contribution in [3.8, 4) is 0 Å². The summed E-state index contributed by atoms with van der Waals surface area (Å²) in [4.78, 5) is 22.1. The van der Waals surface area contributed by atoms with Crippen LogP contribution in [0.2, 0.25) is 0 Å². The van der Waals surface area contributed by atoms with E-state index in [1.54, 1.807) is 24.3 Å². The molecule has 0 saturated carbocycles. The summed E-state index contributed by atoms with van der Waals surface area (Å²) in [7, 11) is 0. The Kier molecular flexibility index (Phi) is 3.41. The van der Waals surface area contributed by atoms with E-state index in [-0.39, 0.29) is 0 Å². The third-order valence-electron chi connectivity index (χ3n) is 2.09. The molecule has 5 nitrogen and oxygen atoms in total. The van der Waals surface area contributed by atoms with Crippen LogP contribution in [0.1, 0.15) is 17.0 Å². The fraction of sp³-hybridized carbons (Fsp3) is 0.200. The second-order valence-corrected chi connectivity index (χ2v) is 3.19. The standard InChI is InChI=1S/C10H13N3O2/c11-5-6-2-1-3-7(4-6)8(9(12)14)10(13)15/h1-4,8H,5,11H2,(H2,12,14)(H2,13,15). The van der Waals surface area contributed by atoms with Crippen molar-refractivity contribution in [2.75, 3.05) is 0 Å². The molecule has 0 saturated heterocycles. The molecule has 2 amide bonds. The van der Waals surface area contributed by atoms with Gasteiger partial charge in [-0.2, -0.15) is 0 Å². The van der Waals surface area contributed by atoms with Crippen molar-refractivity contribution in [1.29, 1.82) is 0 Å². The molecular formula is C10H13N3O2. The summed E-state index contributed by atoms with van der Waals surface area (Å²) in [5.41, 5.74) is 16.9. The van der Waals surface area contributed by atoms with Gasteiger partial charge in [0.25, 0.3) is 0 Å². The van der Waals surface area contributed by atoms with E-state index in [1.807, 2.05) is 0 Å². The first-order valence-electron chi connectivity index (χ1n) is 4.43. The number of hydrogen-bond donors (Lipinski definition) is 3. The number of primary amides is 2. The molecule has 0 aromatic heterocycles. The summed E-state index contributed by atoms with van der Waals surface area (Å²) in [6, 6.07) is 6.78. The molecule has 1 aromatic carbocycles. The van der Waals surface area contributed by atoms with E-state index >= 15 is 0 Å². The van der Waals surface area contributed by atoms with Crippen molar-refractivity contribution in [2.24, 2.45) is 17.2 Å². The summed E-state index contributed by atoms with van der Waals surface area (Å²) in [6.07, 6.45) is 0. The number of rotatable bonds is 4. The Morgan fingerprint density at radius 2 is 1.80 bits per heavy atom. The first-order chi connectivity index (χ1) is 7.06. The van der Waals surface area contributed by atoms with Crippen LogP contribution in [-0.2, 0) is 16.1 Å². The Morgan fingerprint density at radius 1 is 1.20 bits per heavy atom. The van der Waals surface area contributed by atoms with Gasteiger partial charge in [0.05, 0.1) is 0 Å². The van der Waals surface area contributed by atoms with Crippen molar-refractivity contribution < 1.29 is 9.59 Å². The summed E-state index contributed by atoms with van der Waals surface area (Å²) >= 11 is 0. The fourth-order valence-electron chi connectivity index (χ4n) is 1.37. The highest BCUT2D eigenvalue weighted by atomic mass is 16.2. The van der Waals surface area contributed by atoms with Gasteiger partial charge in [0.2, 0.25) is 11.8 Å². The van der Waals surface area contributed by atoms with Crippen LogP contribution in [0.15, 0.2) is 24.3 Å². The quantitative estimate of drug-likeness (QED) is 0.562. The van der Waals surface area contributed by atoms with Crippen LogP contribution in [0.5, 0.6) is 0 Å². The molecule has 0 heterocycles. The van der Waals surface area contributed by atoms with E-state index in [9.17, 15) is 9.59 Å². The van der Waals surface area contributed by atoms with Crippen LogP contribution in [0.25, 0.3) is 0 Å². The average molecular weight is 207 g/mol. The Balaban J connectivity index is 3.11. The second kappa shape index (κ2) is 4.56. The van der Waals surface area contributed by atoms with Crippen LogP contribution in [0, 0.1) is 0 Å². The van der Waals surface area contributed by atoms with E-state index < -0.39 is 17.7 Å². The van der Waals surface area contributed by atoms with Gasteiger partial charge in [-0.25, -0.2) is 0 Å². The third kappa shape index (κ3) is 2.54. The van der Waals surface area contributed by atoms with Gasteiger partial charge in [0, 0.05) is 6.54 Å². The molecule has 6 N–H and O–H groups in total. The number of carbonyl (C=O) groups is 2. The summed E-state index contributed by atoms with van der Waals surface area (Å²) in [6.45, 7) is 0.331. The lowest BCUT2D eigenvalue weighted by molar-refractivity contribution is -0.128. The van der Waals surface area contributed by atoms with Crippen LogP contribution >= 0.6 is 0 Å². The molecule has 1 aromatic rings. The Labute approximate surface area is 87.2 Å². The minimum Gasteiger partial charge on any atom is -0.369 e. The van der Waals surface area contributed by atoms with Gasteiger partial charge in [-0.05, 0) is 11.1 Å². The Hall–Kier alpha value is -1.88. The maximum atomic E-state index is 11.0. The maximum absolute atomic E-state index is 11.0. The number of carbonyl (C=O) groups excluding carboxylic acids is 2. The SMILES string of the molecule is NCc1cccc(C(C(N)=O)C(N)=O)c1. The molecule has 0 fully saturated rings. The van der Waals surface area contributed by atoms with Crippen molar-refractivity contribution in [2.45, 2.75) is 12.5 Å². The molecule has 15 heavy (non-hydrogen) atoms. The average Bonchev–Trinajstić information content (AvgIpc) is 2.17. The highest BCUT2D eigenvalue weighted by Gasteiger charge is 2.23. The second-order valence-electron chi connectivity index (χ2n) is 3.19. The smallest absolute Gasteiger partial charge is 0.234 e. The topological polar surface area (TPSA) is 112 Å². The molecule has 0 aliphatic carbocycles. The van der Waals surface area contributed by atoms with Crippen molar-refractivity contribution >= 4 is 11.8 Å². The Morgan fingerprint density at radius 3 is 2.27 bits per heavy atom. The molecular weight excluding hydrogens is 194 g/mol. The first kappa shape index (κ1) is 11.2. The van der Waals surface area contributed by atoms with Crippen LogP contribution in [0.3, 0.4) is 0 Å². The lowest BCUT2D eigenvalue weighted by Crippen LogP contribution is -2.33. The predicted molar refractivity (Wildman–Crippen MR) is 55.5 cm³/mol. The van der Waals surface area contributed by atoms with Gasteiger partial charge in [0.15, 0.2) is 0 Å². The van der Waals surface area contributed by atoms with E-state index in [1.165, 1.54) is 0 Å². The Bertz CT molecular complexity index is 376. The molecule has 5 heteroatoms. The van der Waals surface area contributed by atoms with E-state index in [4.69, 9.17) is 17.2 Å². The van der Waals surface area contributed by atoms with Crippen molar-refractivity contribution in [3.63, 3.8) is 0 Å². The van der Waals surface area contributed by atoms with E-state index in [0.29, 0.717) is 12.1 Å². The number of benzene rings is 1. The first-order valence-corrected chi connectivity index (χ1v) is 4.43. The number of nitrogens with two attached hydrogens (primary N) is 3. The van der Waals surface area contributed by atoms with Crippen molar-refractivity contribution in [1.82, 2.24) is 0 Å². The van der Waals surface area contributed by atoms with Gasteiger partial charge in [-0.15, -0.1) is 0 Å². The zero-order chi connectivity index (χ0) is 11.4. The van der Waals surface area contributed by atoms with Gasteiger partial charge < -0.3 is 17.2 Å².